The van der Waals surface area contributed by atoms with Crippen LogP contribution < -0.4 is 5.32 Å². The van der Waals surface area contributed by atoms with Crippen molar-refractivity contribution in [2.75, 3.05) is 0 Å². The smallest absolute Gasteiger partial charge is 0.338 e. The van der Waals surface area contributed by atoms with E-state index in [0.717, 1.165) is 13.8 Å². The zero-order valence-electron chi connectivity index (χ0n) is 34.5. The summed E-state index contributed by atoms with van der Waals surface area (Å²) in [5.41, 5.74) is -5.90. The van der Waals surface area contributed by atoms with Crippen molar-refractivity contribution in [2.45, 2.75) is 103 Å². The molecule has 0 heterocycles. The molecular weight excluding hydrogens is 790 g/mol. The maximum atomic E-state index is 15.2. The van der Waals surface area contributed by atoms with Crippen LogP contribution in [0.5, 0.6) is 0 Å². The lowest BCUT2D eigenvalue weighted by atomic mass is 9.48. The molecule has 0 spiro atoms. The van der Waals surface area contributed by atoms with Gasteiger partial charge in [-0.05, 0) is 54.8 Å². The molecule has 2 saturated carbocycles. The van der Waals surface area contributed by atoms with E-state index in [4.69, 9.17) is 18.9 Å². The highest BCUT2D eigenvalue weighted by atomic mass is 16.6. The van der Waals surface area contributed by atoms with Gasteiger partial charge in [-0.2, -0.15) is 0 Å². The van der Waals surface area contributed by atoms with Gasteiger partial charge >= 0.3 is 23.9 Å². The monoisotopic (exact) mass is 839 g/mol. The zero-order valence-corrected chi connectivity index (χ0v) is 34.5. The Bertz CT molecular complexity index is 2240. The van der Waals surface area contributed by atoms with Crippen molar-refractivity contribution in [2.24, 2.45) is 16.7 Å². The van der Waals surface area contributed by atoms with Crippen LogP contribution in [0.4, 0.5) is 0 Å². The normalized spacial score (nSPS) is 29.1. The van der Waals surface area contributed by atoms with Gasteiger partial charge in [0, 0.05) is 37.7 Å². The molecule has 3 aliphatic carbocycles. The summed E-state index contributed by atoms with van der Waals surface area (Å²) in [6.07, 6.45) is -12.2. The molecule has 4 N–H and O–H groups in total. The number of Topliss-reactive ketones (excluding diaryl/α,β-unsaturated/α-hetero) is 2. The number of carbonyl (C=O) groups is 7. The van der Waals surface area contributed by atoms with E-state index < -0.39 is 119 Å². The van der Waals surface area contributed by atoms with E-state index in [1.54, 1.807) is 78.9 Å². The first-order chi connectivity index (χ1) is 28.7. The second kappa shape index (κ2) is 17.1. The fourth-order valence-corrected chi connectivity index (χ4v) is 9.14. The Morgan fingerprint density at radius 2 is 1.30 bits per heavy atom. The molecule has 3 aromatic rings. The van der Waals surface area contributed by atoms with E-state index in [9.17, 15) is 44.1 Å². The summed E-state index contributed by atoms with van der Waals surface area (Å²) in [6.45, 7) is 7.75. The van der Waals surface area contributed by atoms with Crippen LogP contribution in [0.25, 0.3) is 0 Å². The number of benzene rings is 3. The maximum Gasteiger partial charge on any atom is 0.338 e. The van der Waals surface area contributed by atoms with Gasteiger partial charge in [0.25, 0.3) is 5.91 Å². The number of carbonyl (C=O) groups excluding carboxylic acids is 7. The van der Waals surface area contributed by atoms with Crippen molar-refractivity contribution < 1.29 is 67.8 Å². The fourth-order valence-electron chi connectivity index (χ4n) is 9.14. The molecule has 0 unspecified atom stereocenters. The highest BCUT2D eigenvalue weighted by Crippen LogP contribution is 2.60. The summed E-state index contributed by atoms with van der Waals surface area (Å²) in [4.78, 5) is 96.6. The van der Waals surface area contributed by atoms with Gasteiger partial charge in [0.1, 0.15) is 17.8 Å². The van der Waals surface area contributed by atoms with E-state index in [1.165, 1.54) is 39.8 Å². The summed E-state index contributed by atoms with van der Waals surface area (Å²) in [7, 11) is 0. The minimum absolute atomic E-state index is 0.00418. The molecule has 2 bridgehead atoms. The summed E-state index contributed by atoms with van der Waals surface area (Å²) in [5, 5.41) is 39.7. The molecule has 2 fully saturated rings. The number of ketones is 2. The maximum absolute atomic E-state index is 15.2. The molecule has 15 nitrogen and oxygen atoms in total. The topological polar surface area (TPSA) is 229 Å². The Labute approximate surface area is 352 Å². The molecule has 61 heavy (non-hydrogen) atoms. The number of rotatable bonds is 10. The molecule has 3 aliphatic rings. The fraction of sp³-hybridized carbons (Fsp3) is 0.413. The van der Waals surface area contributed by atoms with E-state index in [0.29, 0.717) is 5.56 Å². The molecule has 10 atom stereocenters. The van der Waals surface area contributed by atoms with Crippen molar-refractivity contribution in [3.63, 3.8) is 0 Å². The minimum atomic E-state index is -2.51. The van der Waals surface area contributed by atoms with Crippen LogP contribution in [-0.2, 0) is 42.9 Å². The van der Waals surface area contributed by atoms with Crippen LogP contribution in [0.1, 0.15) is 86.7 Å². The van der Waals surface area contributed by atoms with Crippen molar-refractivity contribution in [1.29, 1.82) is 0 Å². The van der Waals surface area contributed by atoms with Gasteiger partial charge in [0.05, 0.1) is 29.0 Å². The first-order valence-corrected chi connectivity index (χ1v) is 19.8. The molecular formula is C46H49NO14. The summed E-state index contributed by atoms with van der Waals surface area (Å²) in [6, 6.07) is 22.5. The molecule has 0 saturated heterocycles. The Balaban J connectivity index is 1.51. The van der Waals surface area contributed by atoms with Crippen LogP contribution in [0.15, 0.2) is 102 Å². The van der Waals surface area contributed by atoms with E-state index in [2.05, 4.69) is 5.32 Å². The Morgan fingerprint density at radius 3 is 1.85 bits per heavy atom. The molecule has 6 rings (SSSR count). The number of aliphatic hydroxyl groups excluding tert-OH is 2. The SMILES string of the molecule is CC(=O)O[C@H]1C(=O)[C@]2(C)[C@@H](O)C[C@H](OC(C)=O)C(=O)[C@H]2[C@H](OC(=O)c2ccccc2)[C@]2(O)C[C@H](OC(=O)[C@H](O)[C@@H](NC(=O)c3ccccc3)c3ccccc3)C(C)=C1C2(C)C. The van der Waals surface area contributed by atoms with Crippen molar-refractivity contribution in [1.82, 2.24) is 5.32 Å². The highest BCUT2D eigenvalue weighted by molar-refractivity contribution is 6.02. The molecule has 0 aliphatic heterocycles. The van der Waals surface area contributed by atoms with Gasteiger partial charge in [-0.3, -0.25) is 24.0 Å². The zero-order chi connectivity index (χ0) is 44.6. The van der Waals surface area contributed by atoms with Gasteiger partial charge in [-0.25, -0.2) is 9.59 Å². The molecule has 322 valence electrons. The molecule has 0 aromatic heterocycles. The molecule has 15 heteroatoms. The second-order valence-electron chi connectivity index (χ2n) is 16.5. The van der Waals surface area contributed by atoms with Gasteiger partial charge < -0.3 is 39.6 Å². The summed E-state index contributed by atoms with van der Waals surface area (Å²) < 4.78 is 23.2. The number of hydrogen-bond donors (Lipinski definition) is 4. The van der Waals surface area contributed by atoms with Crippen LogP contribution in [0, 0.1) is 16.7 Å². The van der Waals surface area contributed by atoms with Gasteiger partial charge in [-0.1, -0.05) is 80.6 Å². The number of esters is 4. The third kappa shape index (κ3) is 8.12. The van der Waals surface area contributed by atoms with Crippen molar-refractivity contribution >= 4 is 41.4 Å². The quantitative estimate of drug-likeness (QED) is 0.130. The first kappa shape index (κ1) is 44.5. The van der Waals surface area contributed by atoms with E-state index >= 15 is 4.79 Å². The Kier molecular flexibility index (Phi) is 12.5. The van der Waals surface area contributed by atoms with Crippen molar-refractivity contribution in [3.8, 4) is 0 Å². The Morgan fingerprint density at radius 1 is 0.754 bits per heavy atom. The third-order valence-electron chi connectivity index (χ3n) is 12.5. The lowest BCUT2D eigenvalue weighted by Gasteiger charge is -2.60. The van der Waals surface area contributed by atoms with E-state index in [1.807, 2.05) is 0 Å². The Hall–Kier alpha value is -6.03. The lowest BCUT2D eigenvalue weighted by Crippen LogP contribution is -2.73. The van der Waals surface area contributed by atoms with Gasteiger partial charge in [-0.15, -0.1) is 0 Å². The predicted octanol–water partition coefficient (Wildman–Crippen LogP) is 3.54. The number of ether oxygens (including phenoxy) is 4. The average molecular weight is 840 g/mol. The number of nitrogens with one attached hydrogen (secondary N) is 1. The largest absolute Gasteiger partial charge is 0.456 e. The third-order valence-corrected chi connectivity index (χ3v) is 12.5. The van der Waals surface area contributed by atoms with Gasteiger partial charge in [0.15, 0.2) is 29.9 Å². The number of fused-ring (bicyclic) bond motifs is 3. The summed E-state index contributed by atoms with van der Waals surface area (Å²) in [5.74, 6) is -8.67. The highest BCUT2D eigenvalue weighted by Gasteiger charge is 2.72. The number of amides is 1. The van der Waals surface area contributed by atoms with Crippen molar-refractivity contribution in [3.05, 3.63) is 119 Å². The first-order valence-electron chi connectivity index (χ1n) is 19.8. The van der Waals surface area contributed by atoms with Crippen LogP contribution in [0.3, 0.4) is 0 Å². The molecule has 1 amide bonds. The van der Waals surface area contributed by atoms with E-state index in [-0.39, 0.29) is 22.3 Å². The second-order valence-corrected chi connectivity index (χ2v) is 16.5. The van der Waals surface area contributed by atoms with Gasteiger partial charge in [0.2, 0.25) is 0 Å². The van der Waals surface area contributed by atoms with Crippen LogP contribution >= 0.6 is 0 Å². The number of aliphatic hydroxyl groups is 3. The lowest BCUT2D eigenvalue weighted by molar-refractivity contribution is -0.227. The average Bonchev–Trinajstić information content (AvgIpc) is 3.22. The molecule has 0 radical (unpaired) electrons. The van der Waals surface area contributed by atoms with Crippen LogP contribution in [-0.4, -0.2) is 98.9 Å². The standard InChI is InChI=1S/C46H49NO14/c1-24-31(60-43(56)37(52)35(27-16-10-7-11-17-27)47-41(54)28-18-12-8-13-19-28)23-46(57)40(61-42(55)29-20-14-9-15-21-29)34-36(51)30(58-25(2)48)22-32(50)45(34,6)39(53)38(59-26(3)49)33(24)44(46,4)5/h7-21,30-32,34-35,37-38,40,50,52,57H,22-23H2,1-6H3,(H,47,54)/t30-,31-,32-,34-,35-,37+,38+,40-,45+,46+/m0/s1. The summed E-state index contributed by atoms with van der Waals surface area (Å²) >= 11 is 0. The number of hydrogen-bond acceptors (Lipinski definition) is 14. The van der Waals surface area contributed by atoms with Crippen LogP contribution in [0.2, 0.25) is 0 Å². The minimum Gasteiger partial charge on any atom is -0.456 e. The molecule has 3 aromatic carbocycles. The predicted molar refractivity (Wildman–Crippen MR) is 214 cm³/mol.